The van der Waals surface area contributed by atoms with Crippen molar-refractivity contribution in [1.29, 1.82) is 0 Å². The van der Waals surface area contributed by atoms with Crippen molar-refractivity contribution in [3.63, 3.8) is 0 Å². The van der Waals surface area contributed by atoms with Crippen molar-refractivity contribution in [3.05, 3.63) is 72.3 Å². The highest BCUT2D eigenvalue weighted by atomic mass is 32.2. The summed E-state index contributed by atoms with van der Waals surface area (Å²) in [5.74, 6) is 1.17. The standard InChI is InChI=1S/C26H37NO6S/c1-6-7-20(2)26(16-23(28)19-31-3)34(29,30)27(17-21-8-12-24(32-4)13-9-21)18-22-10-14-25(33-5)15-11-22/h6,8-15,20,23,26,28H,1,7,16-19H2,2-5H3. The Labute approximate surface area is 204 Å². The van der Waals surface area contributed by atoms with Crippen LogP contribution < -0.4 is 9.47 Å². The van der Waals surface area contributed by atoms with Crippen molar-refractivity contribution in [2.45, 2.75) is 44.2 Å². The maximum atomic E-state index is 14.0. The lowest BCUT2D eigenvalue weighted by Crippen LogP contribution is -2.43. The van der Waals surface area contributed by atoms with Crippen LogP contribution in [0.4, 0.5) is 0 Å². The smallest absolute Gasteiger partial charge is 0.217 e. The molecule has 0 aliphatic carbocycles. The van der Waals surface area contributed by atoms with Crippen LogP contribution in [0.2, 0.25) is 0 Å². The van der Waals surface area contributed by atoms with Gasteiger partial charge in [0, 0.05) is 20.2 Å². The van der Waals surface area contributed by atoms with Crippen LogP contribution in [0.15, 0.2) is 61.2 Å². The summed E-state index contributed by atoms with van der Waals surface area (Å²) in [4.78, 5) is 0. The lowest BCUT2D eigenvalue weighted by atomic mass is 9.99. The first-order valence-corrected chi connectivity index (χ1v) is 12.8. The molecule has 2 aromatic carbocycles. The molecule has 7 nitrogen and oxygen atoms in total. The Hall–Kier alpha value is -2.39. The Morgan fingerprint density at radius 1 is 0.941 bits per heavy atom. The molecule has 0 spiro atoms. The Morgan fingerprint density at radius 2 is 1.41 bits per heavy atom. The maximum absolute atomic E-state index is 14.0. The topological polar surface area (TPSA) is 85.3 Å². The number of rotatable bonds is 15. The molecule has 1 N–H and O–H groups in total. The van der Waals surface area contributed by atoms with Crippen LogP contribution in [0.25, 0.3) is 0 Å². The van der Waals surface area contributed by atoms with Crippen LogP contribution in [-0.4, -0.2) is 57.1 Å². The van der Waals surface area contributed by atoms with Crippen molar-refractivity contribution in [2.75, 3.05) is 27.9 Å². The molecule has 0 saturated carbocycles. The second-order valence-electron chi connectivity index (χ2n) is 8.39. The molecule has 3 atom stereocenters. The third kappa shape index (κ3) is 7.84. The van der Waals surface area contributed by atoms with E-state index in [1.165, 1.54) is 11.4 Å². The summed E-state index contributed by atoms with van der Waals surface area (Å²) >= 11 is 0. The van der Waals surface area contributed by atoms with E-state index in [0.29, 0.717) is 17.9 Å². The van der Waals surface area contributed by atoms with Gasteiger partial charge in [0.2, 0.25) is 10.0 Å². The first kappa shape index (κ1) is 27.9. The van der Waals surface area contributed by atoms with Crippen molar-refractivity contribution in [3.8, 4) is 11.5 Å². The maximum Gasteiger partial charge on any atom is 0.217 e. The molecule has 0 aliphatic rings. The molecule has 0 fully saturated rings. The fourth-order valence-electron chi connectivity index (χ4n) is 3.89. The number of allylic oxidation sites excluding steroid dienone is 1. The third-order valence-electron chi connectivity index (χ3n) is 5.82. The largest absolute Gasteiger partial charge is 0.497 e. The van der Waals surface area contributed by atoms with Crippen molar-refractivity contribution >= 4 is 10.0 Å². The summed E-state index contributed by atoms with van der Waals surface area (Å²) < 4.78 is 45.1. The predicted molar refractivity (Wildman–Crippen MR) is 134 cm³/mol. The van der Waals surface area contributed by atoms with Crippen LogP contribution in [0, 0.1) is 5.92 Å². The summed E-state index contributed by atoms with van der Waals surface area (Å²) in [6, 6.07) is 14.7. The monoisotopic (exact) mass is 491 g/mol. The van der Waals surface area contributed by atoms with E-state index >= 15 is 0 Å². The van der Waals surface area contributed by atoms with E-state index in [1.807, 2.05) is 55.5 Å². The predicted octanol–water partition coefficient (Wildman–Crippen LogP) is 4.01. The van der Waals surface area contributed by atoms with Gasteiger partial charge in [0.25, 0.3) is 0 Å². The first-order chi connectivity index (χ1) is 16.2. The van der Waals surface area contributed by atoms with Crippen LogP contribution in [-0.2, 0) is 27.8 Å². The number of nitrogens with zero attached hydrogens (tertiary/aromatic N) is 1. The molecule has 0 amide bonds. The molecule has 0 aliphatic heterocycles. The summed E-state index contributed by atoms with van der Waals surface area (Å²) in [6.45, 7) is 6.11. The SMILES string of the molecule is C=CCC(C)C(CC(O)COC)S(=O)(=O)N(Cc1ccc(OC)cc1)Cc1ccc(OC)cc1. The fraction of sp³-hybridized carbons (Fsp3) is 0.462. The Kier molecular flexibility index (Phi) is 11.0. The normalized spacial score (nSPS) is 14.4. The molecule has 2 rings (SSSR count). The third-order valence-corrected chi connectivity index (χ3v) is 8.22. The minimum Gasteiger partial charge on any atom is -0.497 e. The van der Waals surface area contributed by atoms with Crippen LogP contribution in [0.3, 0.4) is 0 Å². The number of hydrogen-bond acceptors (Lipinski definition) is 6. The van der Waals surface area contributed by atoms with Gasteiger partial charge in [-0.3, -0.25) is 0 Å². The Morgan fingerprint density at radius 3 is 1.79 bits per heavy atom. The number of sulfonamides is 1. The minimum absolute atomic E-state index is 0.0732. The first-order valence-electron chi connectivity index (χ1n) is 11.3. The second-order valence-corrected chi connectivity index (χ2v) is 10.5. The zero-order valence-corrected chi connectivity index (χ0v) is 21.3. The van der Waals surface area contributed by atoms with Crippen LogP contribution in [0.1, 0.15) is 30.9 Å². The molecule has 188 valence electrons. The molecular weight excluding hydrogens is 454 g/mol. The number of aliphatic hydroxyl groups excluding tert-OH is 1. The molecule has 0 aromatic heterocycles. The molecule has 0 heterocycles. The van der Waals surface area contributed by atoms with Gasteiger partial charge in [-0.05, 0) is 54.2 Å². The lowest BCUT2D eigenvalue weighted by molar-refractivity contribution is 0.0557. The highest BCUT2D eigenvalue weighted by Gasteiger charge is 2.37. The number of aliphatic hydroxyl groups is 1. The van der Waals surface area contributed by atoms with Gasteiger partial charge in [0.1, 0.15) is 11.5 Å². The van der Waals surface area contributed by atoms with Crippen molar-refractivity contribution in [2.24, 2.45) is 5.92 Å². The van der Waals surface area contributed by atoms with Gasteiger partial charge in [-0.25, -0.2) is 8.42 Å². The molecule has 3 unspecified atom stereocenters. The zero-order chi connectivity index (χ0) is 25.1. The van der Waals surface area contributed by atoms with Gasteiger partial charge >= 0.3 is 0 Å². The van der Waals surface area contributed by atoms with Crippen LogP contribution >= 0.6 is 0 Å². The van der Waals surface area contributed by atoms with E-state index in [0.717, 1.165) is 11.1 Å². The minimum atomic E-state index is -3.82. The van der Waals surface area contributed by atoms with Gasteiger partial charge < -0.3 is 19.3 Å². The number of hydrogen-bond donors (Lipinski definition) is 1. The van der Waals surface area contributed by atoms with Crippen molar-refractivity contribution < 1.29 is 27.7 Å². The van der Waals surface area contributed by atoms with Gasteiger partial charge in [-0.15, -0.1) is 6.58 Å². The van der Waals surface area contributed by atoms with Gasteiger partial charge in [-0.2, -0.15) is 4.31 Å². The molecule has 34 heavy (non-hydrogen) atoms. The summed E-state index contributed by atoms with van der Waals surface area (Å²) in [7, 11) is 0.847. The van der Waals surface area contributed by atoms with E-state index < -0.39 is 21.4 Å². The second kappa shape index (κ2) is 13.5. The number of benzene rings is 2. The van der Waals surface area contributed by atoms with Gasteiger partial charge in [0.05, 0.1) is 32.2 Å². The molecule has 0 bridgehead atoms. The Bertz CT molecular complexity index is 926. The van der Waals surface area contributed by atoms with Gasteiger partial charge in [0.15, 0.2) is 0 Å². The summed E-state index contributed by atoms with van der Waals surface area (Å²) in [5, 5.41) is 9.62. The summed E-state index contributed by atoms with van der Waals surface area (Å²) in [6.07, 6.45) is 1.42. The van der Waals surface area contributed by atoms with E-state index in [9.17, 15) is 13.5 Å². The molecule has 0 radical (unpaired) electrons. The van der Waals surface area contributed by atoms with E-state index in [4.69, 9.17) is 14.2 Å². The fourth-order valence-corrected chi connectivity index (χ4v) is 6.09. The van der Waals surface area contributed by atoms with E-state index in [1.54, 1.807) is 20.3 Å². The molecule has 2 aromatic rings. The number of methoxy groups -OCH3 is 3. The van der Waals surface area contributed by atoms with E-state index in [2.05, 4.69) is 6.58 Å². The Balaban J connectivity index is 2.43. The molecule has 0 saturated heterocycles. The quantitative estimate of drug-likeness (QED) is 0.379. The number of ether oxygens (including phenoxy) is 3. The lowest BCUT2D eigenvalue weighted by Gasteiger charge is -2.32. The van der Waals surface area contributed by atoms with E-state index in [-0.39, 0.29) is 32.0 Å². The highest BCUT2D eigenvalue weighted by molar-refractivity contribution is 7.89. The van der Waals surface area contributed by atoms with Crippen molar-refractivity contribution in [1.82, 2.24) is 4.31 Å². The average molecular weight is 492 g/mol. The van der Waals surface area contributed by atoms with Crippen LogP contribution in [0.5, 0.6) is 11.5 Å². The van der Waals surface area contributed by atoms with Gasteiger partial charge in [-0.1, -0.05) is 37.3 Å². The summed E-state index contributed by atoms with van der Waals surface area (Å²) in [5.41, 5.74) is 1.68. The average Bonchev–Trinajstić information content (AvgIpc) is 2.83. The molecule has 8 heteroatoms. The molecular formula is C26H37NO6S. The zero-order valence-electron chi connectivity index (χ0n) is 20.5. The highest BCUT2D eigenvalue weighted by Crippen LogP contribution is 2.28.